The Morgan fingerprint density at radius 3 is 2.55 bits per heavy atom. The first-order valence-corrected chi connectivity index (χ1v) is 6.82. The van der Waals surface area contributed by atoms with Gasteiger partial charge in [-0.3, -0.25) is 9.59 Å². The molecule has 0 aliphatic rings. The van der Waals surface area contributed by atoms with E-state index in [1.54, 1.807) is 13.8 Å². The molecule has 6 heteroatoms. The quantitative estimate of drug-likeness (QED) is 0.803. The fraction of sp³-hybridized carbons (Fsp3) is 0.250. The molecule has 2 aromatic rings. The summed E-state index contributed by atoms with van der Waals surface area (Å²) in [5.41, 5.74) is 1.10. The van der Waals surface area contributed by atoms with Crippen molar-refractivity contribution in [3.63, 3.8) is 0 Å². The number of pyridine rings is 1. The Kier molecular flexibility index (Phi) is 4.72. The first-order valence-electron chi connectivity index (χ1n) is 6.82. The van der Waals surface area contributed by atoms with Gasteiger partial charge in [0.15, 0.2) is 0 Å². The number of rotatable bonds is 4. The van der Waals surface area contributed by atoms with E-state index in [1.165, 1.54) is 36.5 Å². The van der Waals surface area contributed by atoms with E-state index in [0.717, 1.165) is 0 Å². The summed E-state index contributed by atoms with van der Waals surface area (Å²) in [6.45, 7) is 3.30. The van der Waals surface area contributed by atoms with E-state index < -0.39 is 23.9 Å². The van der Waals surface area contributed by atoms with Crippen molar-refractivity contribution in [1.82, 2.24) is 10.3 Å². The van der Waals surface area contributed by atoms with Gasteiger partial charge in [-0.15, -0.1) is 0 Å². The second-order valence-corrected chi connectivity index (χ2v) is 5.15. The molecule has 0 saturated carbocycles. The molecule has 1 aromatic carbocycles. The molecule has 116 valence electrons. The minimum atomic E-state index is -0.965. The third-order valence-corrected chi connectivity index (χ3v) is 3.42. The summed E-state index contributed by atoms with van der Waals surface area (Å²) < 4.78 is 12.9. The van der Waals surface area contributed by atoms with Crippen molar-refractivity contribution in [1.29, 1.82) is 0 Å². The lowest BCUT2D eigenvalue weighted by atomic mass is 10.0. The number of aliphatic hydroxyl groups excluding tert-OH is 1. The Bertz CT molecular complexity index is 725. The summed E-state index contributed by atoms with van der Waals surface area (Å²) in [5, 5.41) is 12.9. The number of hydrogen-bond acceptors (Lipinski definition) is 3. The topological polar surface area (TPSA) is 82.2 Å². The van der Waals surface area contributed by atoms with Crippen LogP contribution >= 0.6 is 0 Å². The van der Waals surface area contributed by atoms with E-state index in [-0.39, 0.29) is 5.56 Å². The average molecular weight is 304 g/mol. The molecule has 0 bridgehead atoms. The number of amides is 1. The van der Waals surface area contributed by atoms with Gasteiger partial charge in [-0.1, -0.05) is 12.1 Å². The lowest BCUT2D eigenvalue weighted by molar-refractivity contribution is 0.0851. The Labute approximate surface area is 126 Å². The number of aromatic nitrogens is 1. The van der Waals surface area contributed by atoms with Crippen molar-refractivity contribution in [2.24, 2.45) is 0 Å². The van der Waals surface area contributed by atoms with Crippen LogP contribution in [0.2, 0.25) is 0 Å². The van der Waals surface area contributed by atoms with Crippen molar-refractivity contribution < 1.29 is 14.3 Å². The molecule has 2 unspecified atom stereocenters. The summed E-state index contributed by atoms with van der Waals surface area (Å²) in [6.07, 6.45) is 0.372. The number of carbonyl (C=O) groups is 1. The molecule has 0 aliphatic heterocycles. The molecule has 0 spiro atoms. The lowest BCUT2D eigenvalue weighted by Crippen LogP contribution is -2.37. The molecule has 1 aromatic heterocycles. The molecule has 1 heterocycles. The van der Waals surface area contributed by atoms with E-state index in [4.69, 9.17) is 0 Å². The summed E-state index contributed by atoms with van der Waals surface area (Å²) in [4.78, 5) is 25.8. The van der Waals surface area contributed by atoms with Crippen LogP contribution in [0.3, 0.4) is 0 Å². The highest BCUT2D eigenvalue weighted by Gasteiger charge is 2.20. The predicted molar refractivity (Wildman–Crippen MR) is 80.1 cm³/mol. The summed E-state index contributed by atoms with van der Waals surface area (Å²) in [6, 6.07) is 6.18. The Balaban J connectivity index is 2.10. The van der Waals surface area contributed by atoms with Gasteiger partial charge >= 0.3 is 0 Å². The van der Waals surface area contributed by atoms with E-state index >= 15 is 0 Å². The van der Waals surface area contributed by atoms with Gasteiger partial charge in [0.05, 0.1) is 17.7 Å². The van der Waals surface area contributed by atoms with Crippen LogP contribution in [-0.2, 0) is 0 Å². The normalized spacial score (nSPS) is 13.5. The van der Waals surface area contributed by atoms with Crippen LogP contribution in [0.25, 0.3) is 0 Å². The van der Waals surface area contributed by atoms with Gasteiger partial charge in [0.25, 0.3) is 5.91 Å². The van der Waals surface area contributed by atoms with Crippen LogP contribution in [-0.4, -0.2) is 22.0 Å². The third kappa shape index (κ3) is 3.59. The number of benzene rings is 1. The molecule has 1 amide bonds. The number of carbonyl (C=O) groups excluding carboxylic acids is 1. The van der Waals surface area contributed by atoms with Crippen molar-refractivity contribution in [3.05, 3.63) is 69.4 Å². The van der Waals surface area contributed by atoms with Gasteiger partial charge in [-0.2, -0.15) is 0 Å². The van der Waals surface area contributed by atoms with E-state index in [9.17, 15) is 19.1 Å². The van der Waals surface area contributed by atoms with Crippen molar-refractivity contribution in [3.8, 4) is 0 Å². The van der Waals surface area contributed by atoms with E-state index in [2.05, 4.69) is 10.3 Å². The fourth-order valence-corrected chi connectivity index (χ4v) is 2.13. The SMILES string of the molecule is Cc1cc(=O)[nH]cc1C(=O)NC(C)C(O)c1ccc(F)cc1. The number of nitrogens with one attached hydrogen (secondary N) is 2. The zero-order chi connectivity index (χ0) is 16.3. The number of halogens is 1. The highest BCUT2D eigenvalue weighted by atomic mass is 19.1. The molecular formula is C16H17FN2O3. The predicted octanol–water partition coefficient (Wildman–Crippen LogP) is 1.67. The van der Waals surface area contributed by atoms with Gasteiger partial charge in [0.2, 0.25) is 5.56 Å². The number of aromatic amines is 1. The first kappa shape index (κ1) is 15.9. The molecule has 3 N–H and O–H groups in total. The second-order valence-electron chi connectivity index (χ2n) is 5.15. The van der Waals surface area contributed by atoms with Crippen LogP contribution in [0.1, 0.15) is 34.5 Å². The monoisotopic (exact) mass is 304 g/mol. The Morgan fingerprint density at radius 2 is 1.95 bits per heavy atom. The minimum absolute atomic E-state index is 0.284. The smallest absolute Gasteiger partial charge is 0.253 e. The van der Waals surface area contributed by atoms with Crippen LogP contribution in [0.15, 0.2) is 41.3 Å². The van der Waals surface area contributed by atoms with Crippen LogP contribution in [0.4, 0.5) is 4.39 Å². The van der Waals surface area contributed by atoms with Gasteiger partial charge in [0.1, 0.15) is 5.82 Å². The van der Waals surface area contributed by atoms with E-state index in [0.29, 0.717) is 16.7 Å². The summed E-state index contributed by atoms with van der Waals surface area (Å²) in [7, 11) is 0. The number of hydrogen-bond donors (Lipinski definition) is 3. The van der Waals surface area contributed by atoms with Crippen LogP contribution in [0, 0.1) is 12.7 Å². The molecule has 0 fully saturated rings. The van der Waals surface area contributed by atoms with Gasteiger partial charge < -0.3 is 15.4 Å². The van der Waals surface area contributed by atoms with Crippen molar-refractivity contribution >= 4 is 5.91 Å². The Hall–Kier alpha value is -2.47. The zero-order valence-corrected chi connectivity index (χ0v) is 12.3. The average Bonchev–Trinajstić information content (AvgIpc) is 2.47. The maximum atomic E-state index is 12.9. The van der Waals surface area contributed by atoms with Gasteiger partial charge in [0, 0.05) is 12.3 Å². The second kappa shape index (κ2) is 6.53. The number of aliphatic hydroxyl groups is 1. The molecular weight excluding hydrogens is 287 g/mol. The first-order chi connectivity index (χ1) is 10.4. The summed E-state index contributed by atoms with van der Waals surface area (Å²) >= 11 is 0. The fourth-order valence-electron chi connectivity index (χ4n) is 2.13. The molecule has 0 aliphatic carbocycles. The highest BCUT2D eigenvalue weighted by Crippen LogP contribution is 2.17. The van der Waals surface area contributed by atoms with Gasteiger partial charge in [-0.25, -0.2) is 4.39 Å². The highest BCUT2D eigenvalue weighted by molar-refractivity contribution is 5.95. The molecule has 2 rings (SSSR count). The molecule has 0 saturated heterocycles. The van der Waals surface area contributed by atoms with Crippen molar-refractivity contribution in [2.45, 2.75) is 26.0 Å². The summed E-state index contributed by atoms with van der Waals surface area (Å²) in [5.74, 6) is -0.793. The lowest BCUT2D eigenvalue weighted by Gasteiger charge is -2.21. The van der Waals surface area contributed by atoms with Crippen molar-refractivity contribution in [2.75, 3.05) is 0 Å². The number of aryl methyl sites for hydroxylation is 1. The zero-order valence-electron chi connectivity index (χ0n) is 12.3. The maximum absolute atomic E-state index is 12.9. The standard InChI is InChI=1S/C16H17FN2O3/c1-9-7-14(20)18-8-13(9)16(22)19-10(2)15(21)11-3-5-12(17)6-4-11/h3-8,10,15,21H,1-2H3,(H,18,20)(H,19,22). The minimum Gasteiger partial charge on any atom is -0.386 e. The number of H-pyrrole nitrogens is 1. The Morgan fingerprint density at radius 1 is 1.32 bits per heavy atom. The maximum Gasteiger partial charge on any atom is 0.253 e. The van der Waals surface area contributed by atoms with E-state index in [1.807, 2.05) is 0 Å². The molecule has 5 nitrogen and oxygen atoms in total. The van der Waals surface area contributed by atoms with Crippen LogP contribution in [0.5, 0.6) is 0 Å². The molecule has 22 heavy (non-hydrogen) atoms. The molecule has 0 radical (unpaired) electrons. The third-order valence-electron chi connectivity index (χ3n) is 3.42. The van der Waals surface area contributed by atoms with Crippen LogP contribution < -0.4 is 10.9 Å². The van der Waals surface area contributed by atoms with Gasteiger partial charge in [-0.05, 0) is 37.1 Å². The molecule has 2 atom stereocenters. The largest absolute Gasteiger partial charge is 0.386 e.